The number of carbonyl (C=O) groups excluding carboxylic acids is 1. The largest absolute Gasteiger partial charge is 0.421 e. The molecule has 0 unspecified atom stereocenters. The Morgan fingerprint density at radius 3 is 2.37 bits per heavy atom. The fourth-order valence-corrected chi connectivity index (χ4v) is 3.40. The molecule has 1 saturated heterocycles. The Balaban J connectivity index is 1.86. The predicted octanol–water partition coefficient (Wildman–Crippen LogP) is 3.92. The van der Waals surface area contributed by atoms with Gasteiger partial charge in [0.25, 0.3) is 5.91 Å². The average molecular weight is 370 g/mol. The number of hydrogen-bond acceptors (Lipinski definition) is 4. The predicted molar refractivity (Wildman–Crippen MR) is 98.2 cm³/mol. The maximum absolute atomic E-state index is 13.9. The van der Waals surface area contributed by atoms with Crippen molar-refractivity contribution in [1.82, 2.24) is 0 Å². The first-order valence-electron chi connectivity index (χ1n) is 8.62. The lowest BCUT2D eigenvalue weighted by Crippen LogP contribution is -2.26. The quantitative estimate of drug-likeness (QED) is 0.710. The molecule has 138 valence electrons. The second kappa shape index (κ2) is 6.83. The summed E-state index contributed by atoms with van der Waals surface area (Å²) in [5.74, 6) is -3.03. The van der Waals surface area contributed by atoms with E-state index in [0.717, 1.165) is 25.0 Å². The first-order valence-corrected chi connectivity index (χ1v) is 8.62. The summed E-state index contributed by atoms with van der Waals surface area (Å²) in [5, 5.41) is 3.03. The van der Waals surface area contributed by atoms with Gasteiger partial charge in [-0.3, -0.25) is 4.79 Å². The van der Waals surface area contributed by atoms with E-state index in [-0.39, 0.29) is 5.69 Å². The van der Waals surface area contributed by atoms with Gasteiger partial charge in [0.05, 0.1) is 5.69 Å². The van der Waals surface area contributed by atoms with Gasteiger partial charge in [0, 0.05) is 18.5 Å². The van der Waals surface area contributed by atoms with Gasteiger partial charge in [-0.2, -0.15) is 0 Å². The van der Waals surface area contributed by atoms with Crippen molar-refractivity contribution in [3.05, 3.63) is 70.1 Å². The molecule has 0 radical (unpaired) electrons. The average Bonchev–Trinajstić information content (AvgIpc) is 3.16. The molecule has 1 aliphatic heterocycles. The zero-order valence-corrected chi connectivity index (χ0v) is 14.3. The molecule has 0 bridgehead atoms. The molecular weight excluding hydrogens is 354 g/mol. The van der Waals surface area contributed by atoms with Crippen LogP contribution >= 0.6 is 0 Å². The van der Waals surface area contributed by atoms with Crippen molar-refractivity contribution >= 4 is 28.3 Å². The normalized spacial score (nSPS) is 13.9. The van der Waals surface area contributed by atoms with Crippen molar-refractivity contribution in [3.63, 3.8) is 0 Å². The number of nitrogens with zero attached hydrogens (tertiary/aromatic N) is 1. The third kappa shape index (κ3) is 3.05. The van der Waals surface area contributed by atoms with Crippen LogP contribution in [0.3, 0.4) is 0 Å². The molecule has 2 aromatic carbocycles. The maximum atomic E-state index is 13.9. The minimum Gasteiger partial charge on any atom is -0.421 e. The van der Waals surface area contributed by atoms with E-state index >= 15 is 0 Å². The third-order valence-electron chi connectivity index (χ3n) is 4.64. The van der Waals surface area contributed by atoms with Gasteiger partial charge < -0.3 is 14.6 Å². The standard InChI is InChI=1S/C20H16F2N2O3/c21-13-7-5-8-14(22)16(13)19(25)23-17-18(24-10-3-4-11-24)12-6-1-2-9-15(12)27-20(17)26/h1-2,5-9H,3-4,10-11H2,(H,23,25). The van der Waals surface area contributed by atoms with Crippen LogP contribution in [0.5, 0.6) is 0 Å². The van der Waals surface area contributed by atoms with Gasteiger partial charge in [0.1, 0.15) is 22.8 Å². The van der Waals surface area contributed by atoms with Crippen LogP contribution < -0.4 is 15.8 Å². The Kier molecular flexibility index (Phi) is 4.35. The number of amides is 1. The number of benzene rings is 2. The van der Waals surface area contributed by atoms with Crippen molar-refractivity contribution in [1.29, 1.82) is 0 Å². The van der Waals surface area contributed by atoms with E-state index in [2.05, 4.69) is 5.32 Å². The first-order chi connectivity index (χ1) is 13.1. The number of anilines is 2. The SMILES string of the molecule is O=C(Nc1c(N2CCCC2)c2ccccc2oc1=O)c1c(F)cccc1F. The van der Waals surface area contributed by atoms with Crippen molar-refractivity contribution in [2.75, 3.05) is 23.3 Å². The molecule has 3 aromatic rings. The molecule has 0 aliphatic carbocycles. The molecule has 1 fully saturated rings. The highest BCUT2D eigenvalue weighted by atomic mass is 19.1. The van der Waals surface area contributed by atoms with Gasteiger partial charge in [0.2, 0.25) is 0 Å². The van der Waals surface area contributed by atoms with Crippen LogP contribution in [0.25, 0.3) is 11.0 Å². The summed E-state index contributed by atoms with van der Waals surface area (Å²) in [4.78, 5) is 27.1. The number of nitrogens with one attached hydrogen (secondary N) is 1. The highest BCUT2D eigenvalue weighted by Gasteiger charge is 2.26. The number of hydrogen-bond donors (Lipinski definition) is 1. The molecule has 1 aromatic heterocycles. The highest BCUT2D eigenvalue weighted by Crippen LogP contribution is 2.34. The summed E-state index contributed by atoms with van der Waals surface area (Å²) in [7, 11) is 0. The van der Waals surface area contributed by atoms with Crippen LogP contribution in [0.1, 0.15) is 23.2 Å². The zero-order valence-electron chi connectivity index (χ0n) is 14.3. The van der Waals surface area contributed by atoms with Crippen molar-refractivity contribution in [3.8, 4) is 0 Å². The summed E-state index contributed by atoms with van der Waals surface area (Å²) in [6.07, 6.45) is 1.90. The topological polar surface area (TPSA) is 62.6 Å². The Hall–Kier alpha value is -3.22. The van der Waals surface area contributed by atoms with Crippen molar-refractivity contribution in [2.45, 2.75) is 12.8 Å². The lowest BCUT2D eigenvalue weighted by atomic mass is 10.1. The van der Waals surface area contributed by atoms with E-state index in [1.165, 1.54) is 6.07 Å². The number of para-hydroxylation sites is 1. The number of carbonyl (C=O) groups is 1. The molecule has 27 heavy (non-hydrogen) atoms. The highest BCUT2D eigenvalue weighted by molar-refractivity contribution is 6.09. The smallest absolute Gasteiger partial charge is 0.362 e. The van der Waals surface area contributed by atoms with Gasteiger partial charge in [-0.15, -0.1) is 0 Å². The Morgan fingerprint density at radius 1 is 1.00 bits per heavy atom. The van der Waals surface area contributed by atoms with E-state index in [9.17, 15) is 18.4 Å². The second-order valence-electron chi connectivity index (χ2n) is 6.35. The molecule has 7 heteroatoms. The van der Waals surface area contributed by atoms with Gasteiger partial charge in [-0.25, -0.2) is 13.6 Å². The fourth-order valence-electron chi connectivity index (χ4n) is 3.40. The van der Waals surface area contributed by atoms with Gasteiger partial charge >= 0.3 is 5.63 Å². The van der Waals surface area contributed by atoms with Gasteiger partial charge in [0.15, 0.2) is 5.69 Å². The Bertz CT molecular complexity index is 1070. The number of halogens is 2. The molecular formula is C20H16F2N2O3. The lowest BCUT2D eigenvalue weighted by Gasteiger charge is -2.22. The molecule has 0 saturated carbocycles. The zero-order chi connectivity index (χ0) is 19.0. The maximum Gasteiger partial charge on any atom is 0.362 e. The third-order valence-corrected chi connectivity index (χ3v) is 4.64. The summed E-state index contributed by atoms with van der Waals surface area (Å²) in [5.41, 5.74) is -0.703. The Labute approximate surface area is 153 Å². The van der Waals surface area contributed by atoms with Crippen molar-refractivity contribution in [2.24, 2.45) is 0 Å². The monoisotopic (exact) mass is 370 g/mol. The number of rotatable bonds is 3. The van der Waals surface area contributed by atoms with Crippen LogP contribution in [0, 0.1) is 11.6 Å². The molecule has 0 atom stereocenters. The van der Waals surface area contributed by atoms with Crippen molar-refractivity contribution < 1.29 is 18.0 Å². The van der Waals surface area contributed by atoms with Crippen LogP contribution in [0.15, 0.2) is 51.7 Å². The summed E-state index contributed by atoms with van der Waals surface area (Å²) in [6.45, 7) is 1.43. The van der Waals surface area contributed by atoms with E-state index in [4.69, 9.17) is 4.42 Å². The minimum absolute atomic E-state index is 0.108. The molecule has 1 amide bonds. The summed E-state index contributed by atoms with van der Waals surface area (Å²) < 4.78 is 33.2. The summed E-state index contributed by atoms with van der Waals surface area (Å²) >= 11 is 0. The number of fused-ring (bicyclic) bond motifs is 1. The van der Waals surface area contributed by atoms with E-state index in [0.29, 0.717) is 29.7 Å². The van der Waals surface area contributed by atoms with Crippen LogP contribution in [-0.4, -0.2) is 19.0 Å². The molecule has 0 spiro atoms. The molecule has 4 rings (SSSR count). The fraction of sp³-hybridized carbons (Fsp3) is 0.200. The van der Waals surface area contributed by atoms with Crippen LogP contribution in [0.4, 0.5) is 20.2 Å². The molecule has 1 aliphatic rings. The van der Waals surface area contributed by atoms with E-state index in [1.807, 2.05) is 4.90 Å². The molecule has 1 N–H and O–H groups in total. The first kappa shape index (κ1) is 17.2. The van der Waals surface area contributed by atoms with Crippen LogP contribution in [-0.2, 0) is 0 Å². The second-order valence-corrected chi connectivity index (χ2v) is 6.35. The van der Waals surface area contributed by atoms with E-state index < -0.39 is 28.7 Å². The summed E-state index contributed by atoms with van der Waals surface area (Å²) in [6, 6.07) is 10.1. The van der Waals surface area contributed by atoms with E-state index in [1.54, 1.807) is 24.3 Å². The van der Waals surface area contributed by atoms with Crippen LogP contribution in [0.2, 0.25) is 0 Å². The lowest BCUT2D eigenvalue weighted by molar-refractivity contribution is 0.101. The molecule has 5 nitrogen and oxygen atoms in total. The van der Waals surface area contributed by atoms with Gasteiger partial charge in [-0.05, 0) is 37.1 Å². The Morgan fingerprint density at radius 2 is 1.67 bits per heavy atom. The van der Waals surface area contributed by atoms with Gasteiger partial charge in [-0.1, -0.05) is 18.2 Å². The minimum atomic E-state index is -1.03. The molecule has 2 heterocycles.